The van der Waals surface area contributed by atoms with E-state index in [0.717, 1.165) is 5.56 Å². The van der Waals surface area contributed by atoms with Crippen LogP contribution in [-0.2, 0) is 16.4 Å². The number of benzene rings is 2. The van der Waals surface area contributed by atoms with Crippen LogP contribution in [0, 0.1) is 13.8 Å². The number of aryl methyl sites for hydroxylation is 1. The zero-order valence-corrected chi connectivity index (χ0v) is 14.6. The van der Waals surface area contributed by atoms with Gasteiger partial charge in [0.15, 0.2) is 0 Å². The van der Waals surface area contributed by atoms with Crippen LogP contribution in [0.5, 0.6) is 0 Å². The van der Waals surface area contributed by atoms with Crippen molar-refractivity contribution in [2.75, 3.05) is 4.31 Å². The molecule has 0 N–H and O–H groups in total. The summed E-state index contributed by atoms with van der Waals surface area (Å²) >= 11 is 0. The van der Waals surface area contributed by atoms with E-state index < -0.39 is 16.0 Å². The summed E-state index contributed by atoms with van der Waals surface area (Å²) in [5, 5.41) is 11.2. The van der Waals surface area contributed by atoms with Gasteiger partial charge in [-0.15, -0.1) is 0 Å². The molecule has 0 spiro atoms. The van der Waals surface area contributed by atoms with Gasteiger partial charge in [0.05, 0.1) is 16.6 Å². The van der Waals surface area contributed by atoms with Gasteiger partial charge in [0.25, 0.3) is 10.0 Å². The van der Waals surface area contributed by atoms with Crippen LogP contribution >= 0.6 is 0 Å². The fourth-order valence-corrected chi connectivity index (χ4v) is 5.24. The highest BCUT2D eigenvalue weighted by atomic mass is 32.2. The summed E-state index contributed by atoms with van der Waals surface area (Å²) < 4.78 is 27.9. The summed E-state index contributed by atoms with van der Waals surface area (Å²) in [4.78, 5) is 11.2. The molecule has 6 heteroatoms. The average Bonchev–Trinajstić information content (AvgIpc) is 2.85. The van der Waals surface area contributed by atoms with Crippen molar-refractivity contribution in [1.82, 2.24) is 0 Å². The van der Waals surface area contributed by atoms with Gasteiger partial charge >= 0.3 is 0 Å². The Morgan fingerprint density at radius 2 is 1.88 bits per heavy atom. The average molecular weight is 344 g/mol. The molecule has 0 radical (unpaired) electrons. The quantitative estimate of drug-likeness (QED) is 0.851. The number of hydrogen-bond donors (Lipinski definition) is 0. The summed E-state index contributed by atoms with van der Waals surface area (Å²) in [7, 11) is -3.87. The molecule has 0 saturated carbocycles. The Morgan fingerprint density at radius 1 is 1.21 bits per heavy atom. The molecule has 1 heterocycles. The lowest BCUT2D eigenvalue weighted by Gasteiger charge is -2.26. The van der Waals surface area contributed by atoms with Crippen LogP contribution in [0.3, 0.4) is 0 Å². The molecule has 0 saturated heterocycles. The minimum absolute atomic E-state index is 0.0188. The molecule has 0 aromatic heterocycles. The maximum Gasteiger partial charge on any atom is 0.264 e. The molecule has 1 atom stereocenters. The highest BCUT2D eigenvalue weighted by Crippen LogP contribution is 2.37. The number of carboxylic acid groups (broad SMARTS) is 1. The Bertz CT molecular complexity index is 934. The van der Waals surface area contributed by atoms with Crippen molar-refractivity contribution in [3.8, 4) is 0 Å². The maximum absolute atomic E-state index is 13.3. The monoisotopic (exact) mass is 344 g/mol. The van der Waals surface area contributed by atoms with E-state index in [1.807, 2.05) is 19.1 Å². The lowest BCUT2D eigenvalue weighted by molar-refractivity contribution is -0.255. The van der Waals surface area contributed by atoms with Crippen LogP contribution in [0.4, 0.5) is 5.69 Å². The van der Waals surface area contributed by atoms with Crippen LogP contribution in [0.15, 0.2) is 41.3 Å². The third-order valence-corrected chi connectivity index (χ3v) is 6.59. The second-order valence-electron chi connectivity index (χ2n) is 6.19. The number of aromatic carboxylic acids is 1. The summed E-state index contributed by atoms with van der Waals surface area (Å²) in [6.45, 7) is 5.23. The lowest BCUT2D eigenvalue weighted by atomic mass is 10.1. The van der Waals surface area contributed by atoms with E-state index in [1.54, 1.807) is 26.0 Å². The highest BCUT2D eigenvalue weighted by Gasteiger charge is 2.36. The molecule has 3 rings (SSSR count). The molecule has 126 valence electrons. The van der Waals surface area contributed by atoms with E-state index in [0.29, 0.717) is 23.2 Å². The van der Waals surface area contributed by atoms with E-state index in [1.165, 1.54) is 16.4 Å². The first-order chi connectivity index (χ1) is 11.2. The van der Waals surface area contributed by atoms with Crippen LogP contribution in [0.1, 0.15) is 34.0 Å². The van der Waals surface area contributed by atoms with Gasteiger partial charge < -0.3 is 9.90 Å². The summed E-state index contributed by atoms with van der Waals surface area (Å²) in [6.07, 6.45) is 0.633. The Morgan fingerprint density at radius 3 is 2.54 bits per heavy atom. The normalized spacial score (nSPS) is 17.0. The minimum Gasteiger partial charge on any atom is -0.545 e. The number of para-hydroxylation sites is 1. The maximum atomic E-state index is 13.3. The fraction of sp³-hybridized carbons (Fsp3) is 0.278. The van der Waals surface area contributed by atoms with Crippen LogP contribution in [0.2, 0.25) is 0 Å². The summed E-state index contributed by atoms with van der Waals surface area (Å²) in [5.74, 6) is -1.38. The zero-order chi connectivity index (χ0) is 17.6. The first-order valence-corrected chi connectivity index (χ1v) is 9.12. The molecular weight excluding hydrogens is 326 g/mol. The predicted octanol–water partition coefficient (Wildman–Crippen LogP) is 1.81. The number of rotatable bonds is 3. The van der Waals surface area contributed by atoms with Crippen LogP contribution in [0.25, 0.3) is 0 Å². The highest BCUT2D eigenvalue weighted by molar-refractivity contribution is 7.93. The van der Waals surface area contributed by atoms with Gasteiger partial charge in [-0.1, -0.05) is 18.2 Å². The largest absolute Gasteiger partial charge is 0.545 e. The van der Waals surface area contributed by atoms with E-state index in [2.05, 4.69) is 0 Å². The molecule has 2 aromatic rings. The second-order valence-corrected chi connectivity index (χ2v) is 7.97. The molecule has 2 aromatic carbocycles. The summed E-state index contributed by atoms with van der Waals surface area (Å²) in [6, 6.07) is 9.78. The molecule has 24 heavy (non-hydrogen) atoms. The molecule has 1 aliphatic rings. The number of carbonyl (C=O) groups excluding carboxylic acids is 1. The van der Waals surface area contributed by atoms with Gasteiger partial charge in [-0.2, -0.15) is 0 Å². The predicted molar refractivity (Wildman–Crippen MR) is 89.5 cm³/mol. The Balaban J connectivity index is 2.21. The number of carbonyl (C=O) groups is 1. The van der Waals surface area contributed by atoms with Gasteiger partial charge in [0.2, 0.25) is 0 Å². The smallest absolute Gasteiger partial charge is 0.264 e. The van der Waals surface area contributed by atoms with E-state index in [-0.39, 0.29) is 16.5 Å². The molecule has 0 unspecified atom stereocenters. The lowest BCUT2D eigenvalue weighted by Crippen LogP contribution is -2.36. The summed E-state index contributed by atoms with van der Waals surface area (Å²) in [5.41, 5.74) is 2.66. The number of carboxylic acids is 1. The molecule has 0 aliphatic carbocycles. The standard InChI is InChI=1S/C18H19NO4S/c1-11-8-15(18(20)21)10-17(13(11)3)24(22,23)19-12(2)9-14-6-4-5-7-16(14)19/h4-8,10,12H,9H2,1-3H3,(H,20,21)/p-1/t12-/m0/s1. The van der Waals surface area contributed by atoms with Crippen LogP contribution in [-0.4, -0.2) is 20.4 Å². The Labute approximate surface area is 141 Å². The van der Waals surface area contributed by atoms with Crippen LogP contribution < -0.4 is 9.41 Å². The van der Waals surface area contributed by atoms with Gasteiger partial charge in [0.1, 0.15) is 0 Å². The van der Waals surface area contributed by atoms with Crippen molar-refractivity contribution in [3.63, 3.8) is 0 Å². The molecule has 0 amide bonds. The first kappa shape index (κ1) is 16.5. The molecule has 1 aliphatic heterocycles. The van der Waals surface area contributed by atoms with Gasteiger partial charge in [-0.05, 0) is 67.6 Å². The number of anilines is 1. The third kappa shape index (κ3) is 2.47. The molecule has 0 bridgehead atoms. The van der Waals surface area contributed by atoms with E-state index in [9.17, 15) is 18.3 Å². The zero-order valence-electron chi connectivity index (χ0n) is 13.7. The fourth-order valence-electron chi connectivity index (χ4n) is 3.22. The van der Waals surface area contributed by atoms with Crippen molar-refractivity contribution in [2.24, 2.45) is 0 Å². The van der Waals surface area contributed by atoms with Gasteiger partial charge in [0, 0.05) is 6.04 Å². The number of sulfonamides is 1. The van der Waals surface area contributed by atoms with Crippen molar-refractivity contribution in [2.45, 2.75) is 38.1 Å². The number of hydrogen-bond acceptors (Lipinski definition) is 4. The topological polar surface area (TPSA) is 77.5 Å². The van der Waals surface area contributed by atoms with E-state index >= 15 is 0 Å². The van der Waals surface area contributed by atoms with Crippen molar-refractivity contribution >= 4 is 21.7 Å². The molecule has 0 fully saturated rings. The SMILES string of the molecule is Cc1cc(C(=O)[O-])cc(S(=O)(=O)N2c3ccccc3C[C@@H]2C)c1C. The van der Waals surface area contributed by atoms with Gasteiger partial charge in [-0.25, -0.2) is 8.42 Å². The Kier molecular flexibility index (Phi) is 3.87. The number of nitrogens with zero attached hydrogens (tertiary/aromatic N) is 1. The second kappa shape index (κ2) is 5.63. The van der Waals surface area contributed by atoms with Gasteiger partial charge in [-0.3, -0.25) is 4.31 Å². The Hall–Kier alpha value is -2.34. The molecule has 5 nitrogen and oxygen atoms in total. The minimum atomic E-state index is -3.87. The van der Waals surface area contributed by atoms with Crippen molar-refractivity contribution < 1.29 is 18.3 Å². The first-order valence-electron chi connectivity index (χ1n) is 7.68. The molecular formula is C18H18NO4S-. The third-order valence-electron chi connectivity index (χ3n) is 4.54. The van der Waals surface area contributed by atoms with Crippen molar-refractivity contribution in [1.29, 1.82) is 0 Å². The number of fused-ring (bicyclic) bond motifs is 1. The van der Waals surface area contributed by atoms with Crippen molar-refractivity contribution in [3.05, 3.63) is 58.7 Å². The van der Waals surface area contributed by atoms with E-state index in [4.69, 9.17) is 0 Å².